The molecule has 18 heavy (non-hydrogen) atoms. The molecule has 1 heterocycles. The predicted octanol–water partition coefficient (Wildman–Crippen LogP) is 2.34. The number of nitrogens with zero attached hydrogens (tertiary/aromatic N) is 3. The van der Waals surface area contributed by atoms with Gasteiger partial charge in [0.1, 0.15) is 17.5 Å². The molecular weight excluding hydrogens is 226 g/mol. The van der Waals surface area contributed by atoms with Crippen LogP contribution in [0.4, 0.5) is 11.6 Å². The smallest absolute Gasteiger partial charge is 0.145 e. The van der Waals surface area contributed by atoms with E-state index in [1.807, 2.05) is 6.07 Å². The second-order valence-corrected chi connectivity index (χ2v) is 4.55. The molecule has 1 aromatic heterocycles. The number of nitrogens with one attached hydrogen (secondary N) is 1. The summed E-state index contributed by atoms with van der Waals surface area (Å²) in [6, 6.07) is 1.89. The Balaban J connectivity index is 2.75. The molecule has 1 aromatic rings. The molecular formula is C13H25N5. The molecule has 0 aromatic carbocycles. The lowest BCUT2D eigenvalue weighted by Crippen LogP contribution is -2.21. The molecule has 5 nitrogen and oxygen atoms in total. The summed E-state index contributed by atoms with van der Waals surface area (Å²) < 4.78 is 0. The van der Waals surface area contributed by atoms with Gasteiger partial charge in [0.25, 0.3) is 0 Å². The molecule has 0 amide bonds. The van der Waals surface area contributed by atoms with Gasteiger partial charge in [-0.1, -0.05) is 26.7 Å². The number of unbranched alkanes of at least 4 members (excludes halogenated alkanes) is 2. The first-order valence-corrected chi connectivity index (χ1v) is 6.77. The fraction of sp³-hybridized carbons (Fsp3) is 0.692. The molecule has 102 valence electrons. The Kier molecular flexibility index (Phi) is 6.43. The van der Waals surface area contributed by atoms with Crippen molar-refractivity contribution >= 4 is 11.6 Å². The third-order valence-corrected chi connectivity index (χ3v) is 2.87. The minimum Gasteiger partial charge on any atom is -0.360 e. The molecule has 0 saturated carbocycles. The van der Waals surface area contributed by atoms with Gasteiger partial charge >= 0.3 is 0 Å². The summed E-state index contributed by atoms with van der Waals surface area (Å²) in [5.41, 5.74) is 2.61. The Morgan fingerprint density at radius 2 is 2.00 bits per heavy atom. The van der Waals surface area contributed by atoms with Crippen molar-refractivity contribution in [1.82, 2.24) is 9.97 Å². The number of rotatable bonds is 8. The summed E-state index contributed by atoms with van der Waals surface area (Å²) in [5.74, 6) is 7.93. The van der Waals surface area contributed by atoms with E-state index in [-0.39, 0.29) is 0 Å². The molecule has 0 aliphatic heterocycles. The topological polar surface area (TPSA) is 67.1 Å². The van der Waals surface area contributed by atoms with Crippen molar-refractivity contribution in [1.29, 1.82) is 0 Å². The molecule has 0 fully saturated rings. The van der Waals surface area contributed by atoms with Gasteiger partial charge in [-0.3, -0.25) is 0 Å². The Morgan fingerprint density at radius 3 is 2.61 bits per heavy atom. The van der Waals surface area contributed by atoms with Crippen LogP contribution in [0.5, 0.6) is 0 Å². The van der Waals surface area contributed by atoms with Crippen LogP contribution in [0, 0.1) is 0 Å². The Bertz CT molecular complexity index is 353. The van der Waals surface area contributed by atoms with Crippen molar-refractivity contribution in [2.24, 2.45) is 5.84 Å². The maximum Gasteiger partial charge on any atom is 0.145 e. The molecule has 0 aliphatic rings. The fourth-order valence-electron chi connectivity index (χ4n) is 1.80. The van der Waals surface area contributed by atoms with Crippen LogP contribution in [-0.4, -0.2) is 23.6 Å². The van der Waals surface area contributed by atoms with Crippen molar-refractivity contribution in [3.05, 3.63) is 11.9 Å². The van der Waals surface area contributed by atoms with Crippen LogP contribution < -0.4 is 16.2 Å². The highest BCUT2D eigenvalue weighted by atomic mass is 15.3. The summed E-state index contributed by atoms with van der Waals surface area (Å²) in [7, 11) is 2.06. The molecule has 0 aliphatic carbocycles. The molecule has 0 radical (unpaired) electrons. The lowest BCUT2D eigenvalue weighted by atomic mass is 10.2. The van der Waals surface area contributed by atoms with E-state index in [1.165, 1.54) is 19.3 Å². The number of hydrazine groups is 1. The van der Waals surface area contributed by atoms with Gasteiger partial charge in [0, 0.05) is 26.1 Å². The highest BCUT2D eigenvalue weighted by Crippen LogP contribution is 2.15. The summed E-state index contributed by atoms with van der Waals surface area (Å²) in [4.78, 5) is 11.1. The number of nitrogen functional groups attached to an aromatic ring is 1. The standard InChI is InChI=1S/C13H25N5/c1-4-6-7-9-18(3)13-10-12(17-14)15-11(16-13)8-5-2/h10H,4-9,14H2,1-3H3,(H,15,16,17). The molecule has 0 spiro atoms. The average molecular weight is 251 g/mol. The van der Waals surface area contributed by atoms with Crippen LogP contribution in [0.25, 0.3) is 0 Å². The van der Waals surface area contributed by atoms with Crippen molar-refractivity contribution in [3.63, 3.8) is 0 Å². The Morgan fingerprint density at radius 1 is 1.22 bits per heavy atom. The molecule has 0 bridgehead atoms. The lowest BCUT2D eigenvalue weighted by Gasteiger charge is -2.19. The van der Waals surface area contributed by atoms with Gasteiger partial charge < -0.3 is 10.3 Å². The number of nitrogens with two attached hydrogens (primary N) is 1. The van der Waals surface area contributed by atoms with E-state index in [0.717, 1.165) is 31.0 Å². The van der Waals surface area contributed by atoms with E-state index >= 15 is 0 Å². The summed E-state index contributed by atoms with van der Waals surface area (Å²) in [6.07, 6.45) is 5.58. The van der Waals surface area contributed by atoms with Crippen molar-refractivity contribution < 1.29 is 0 Å². The molecule has 0 atom stereocenters. The van der Waals surface area contributed by atoms with E-state index in [9.17, 15) is 0 Å². The predicted molar refractivity (Wildman–Crippen MR) is 76.6 cm³/mol. The van der Waals surface area contributed by atoms with E-state index in [1.54, 1.807) is 0 Å². The first-order valence-electron chi connectivity index (χ1n) is 6.77. The summed E-state index contributed by atoms with van der Waals surface area (Å²) >= 11 is 0. The minimum atomic E-state index is 0.686. The molecule has 1 rings (SSSR count). The molecule has 0 saturated heterocycles. The van der Waals surface area contributed by atoms with E-state index in [2.05, 4.69) is 41.2 Å². The molecule has 3 N–H and O–H groups in total. The average Bonchev–Trinajstić information content (AvgIpc) is 2.39. The molecule has 0 unspecified atom stereocenters. The van der Waals surface area contributed by atoms with E-state index in [0.29, 0.717) is 5.82 Å². The van der Waals surface area contributed by atoms with Crippen molar-refractivity contribution in [2.45, 2.75) is 46.0 Å². The van der Waals surface area contributed by atoms with Crippen LogP contribution in [0.1, 0.15) is 45.4 Å². The SMILES string of the molecule is CCCCCN(C)c1cc(NN)nc(CCC)n1. The quantitative estimate of drug-likeness (QED) is 0.422. The maximum absolute atomic E-state index is 5.45. The van der Waals surface area contributed by atoms with Crippen molar-refractivity contribution in [3.8, 4) is 0 Å². The highest BCUT2D eigenvalue weighted by molar-refractivity contribution is 5.48. The normalized spacial score (nSPS) is 10.4. The molecule has 5 heteroatoms. The number of hydrogen-bond acceptors (Lipinski definition) is 5. The second-order valence-electron chi connectivity index (χ2n) is 4.55. The second kappa shape index (κ2) is 7.87. The monoisotopic (exact) mass is 251 g/mol. The third-order valence-electron chi connectivity index (χ3n) is 2.87. The van der Waals surface area contributed by atoms with Crippen LogP contribution >= 0.6 is 0 Å². The van der Waals surface area contributed by atoms with Crippen molar-refractivity contribution in [2.75, 3.05) is 23.9 Å². The zero-order chi connectivity index (χ0) is 13.4. The first kappa shape index (κ1) is 14.7. The first-order chi connectivity index (χ1) is 8.71. The number of anilines is 2. The lowest BCUT2D eigenvalue weighted by molar-refractivity contribution is 0.698. The van der Waals surface area contributed by atoms with Crippen LogP contribution in [0.15, 0.2) is 6.07 Å². The van der Waals surface area contributed by atoms with Crippen LogP contribution in [0.3, 0.4) is 0 Å². The van der Waals surface area contributed by atoms with Gasteiger partial charge in [-0.25, -0.2) is 15.8 Å². The van der Waals surface area contributed by atoms with Gasteiger partial charge in [0.2, 0.25) is 0 Å². The number of aromatic nitrogens is 2. The van der Waals surface area contributed by atoms with E-state index in [4.69, 9.17) is 5.84 Å². The number of aryl methyl sites for hydroxylation is 1. The zero-order valence-corrected chi connectivity index (χ0v) is 11.7. The van der Waals surface area contributed by atoms with Crippen LogP contribution in [-0.2, 0) is 6.42 Å². The summed E-state index contributed by atoms with van der Waals surface area (Å²) in [6.45, 7) is 5.34. The van der Waals surface area contributed by atoms with Gasteiger partial charge in [-0.05, 0) is 12.8 Å². The Labute approximate surface area is 110 Å². The minimum absolute atomic E-state index is 0.686. The number of hydrogen-bond donors (Lipinski definition) is 2. The fourth-order valence-corrected chi connectivity index (χ4v) is 1.80. The Hall–Kier alpha value is -1.36. The third kappa shape index (κ3) is 4.49. The summed E-state index contributed by atoms with van der Waals surface area (Å²) in [5, 5.41) is 0. The van der Waals surface area contributed by atoms with Crippen LogP contribution in [0.2, 0.25) is 0 Å². The van der Waals surface area contributed by atoms with Gasteiger partial charge in [-0.15, -0.1) is 0 Å². The zero-order valence-electron chi connectivity index (χ0n) is 11.7. The van der Waals surface area contributed by atoms with Gasteiger partial charge in [0.15, 0.2) is 0 Å². The van der Waals surface area contributed by atoms with Gasteiger partial charge in [-0.2, -0.15) is 0 Å². The maximum atomic E-state index is 5.45. The highest BCUT2D eigenvalue weighted by Gasteiger charge is 2.07. The largest absolute Gasteiger partial charge is 0.360 e. The van der Waals surface area contributed by atoms with E-state index < -0.39 is 0 Å². The van der Waals surface area contributed by atoms with Gasteiger partial charge in [0.05, 0.1) is 0 Å².